The molecule has 1 aromatic carbocycles. The van der Waals surface area contributed by atoms with Gasteiger partial charge in [-0.1, -0.05) is 23.2 Å². The number of halogens is 2. The van der Waals surface area contributed by atoms with Crippen LogP contribution in [0.3, 0.4) is 0 Å². The molecule has 0 heterocycles. The third kappa shape index (κ3) is 3.24. The van der Waals surface area contributed by atoms with Gasteiger partial charge in [0.2, 0.25) is 0 Å². The fourth-order valence-corrected chi connectivity index (χ4v) is 3.08. The van der Waals surface area contributed by atoms with E-state index in [1.807, 2.05) is 0 Å². The van der Waals surface area contributed by atoms with Crippen molar-refractivity contribution in [3.63, 3.8) is 0 Å². The zero-order chi connectivity index (χ0) is 14.7. The van der Waals surface area contributed by atoms with E-state index >= 15 is 0 Å². The molecule has 1 fully saturated rings. The largest absolute Gasteiger partial charge is 0.409 e. The van der Waals surface area contributed by atoms with Crippen molar-refractivity contribution in [2.24, 2.45) is 16.8 Å². The third-order valence-electron chi connectivity index (χ3n) is 3.50. The quantitative estimate of drug-likeness (QED) is 0.335. The van der Waals surface area contributed by atoms with Crippen LogP contribution in [0, 0.1) is 5.92 Å². The molecule has 0 bridgehead atoms. The normalized spacial score (nSPS) is 22.8. The predicted octanol–water partition coefficient (Wildman–Crippen LogP) is 2.75. The minimum absolute atomic E-state index is 0.121. The van der Waals surface area contributed by atoms with Gasteiger partial charge >= 0.3 is 0 Å². The monoisotopic (exact) mass is 359 g/mol. The number of nitrogens with one attached hydrogen (secondary N) is 1. The Labute approximate surface area is 130 Å². The second-order valence-electron chi connectivity index (χ2n) is 4.77. The zero-order valence-electron chi connectivity index (χ0n) is 10.6. The lowest BCUT2D eigenvalue weighted by atomic mass is 10.0. The highest BCUT2D eigenvalue weighted by molar-refractivity contribution is 9.10. The number of carbonyl (C=O) groups is 1. The summed E-state index contributed by atoms with van der Waals surface area (Å²) in [5.74, 6) is -0.179. The average Bonchev–Trinajstić information content (AvgIpc) is 2.88. The number of benzene rings is 1. The van der Waals surface area contributed by atoms with Crippen molar-refractivity contribution in [1.82, 2.24) is 5.32 Å². The van der Waals surface area contributed by atoms with E-state index in [1.165, 1.54) is 0 Å². The zero-order valence-corrected chi connectivity index (χ0v) is 13.0. The average molecular weight is 361 g/mol. The second kappa shape index (κ2) is 6.45. The minimum atomic E-state index is -0.220. The summed E-state index contributed by atoms with van der Waals surface area (Å²) in [5.41, 5.74) is 6.13. The molecule has 2 rings (SSSR count). The summed E-state index contributed by atoms with van der Waals surface area (Å²) in [7, 11) is 0. The van der Waals surface area contributed by atoms with Crippen LogP contribution in [0.4, 0.5) is 0 Å². The van der Waals surface area contributed by atoms with Crippen LogP contribution >= 0.6 is 27.5 Å². The van der Waals surface area contributed by atoms with Crippen LogP contribution in [0.5, 0.6) is 0 Å². The van der Waals surface area contributed by atoms with Gasteiger partial charge in [-0.05, 0) is 47.0 Å². The van der Waals surface area contributed by atoms with E-state index in [0.717, 1.165) is 19.3 Å². The molecular formula is C13H15BrClN3O2. The number of nitrogens with zero attached hydrogens (tertiary/aromatic N) is 1. The summed E-state index contributed by atoms with van der Waals surface area (Å²) in [6, 6.07) is 4.92. The summed E-state index contributed by atoms with van der Waals surface area (Å²) in [5, 5.41) is 15.2. The van der Waals surface area contributed by atoms with Crippen LogP contribution in [0.25, 0.3) is 0 Å². The Kier molecular flexibility index (Phi) is 4.88. The molecule has 20 heavy (non-hydrogen) atoms. The smallest absolute Gasteiger partial charge is 0.252 e. The highest BCUT2D eigenvalue weighted by Gasteiger charge is 2.32. The van der Waals surface area contributed by atoms with E-state index < -0.39 is 0 Å². The summed E-state index contributed by atoms with van der Waals surface area (Å²) in [6.45, 7) is 0. The van der Waals surface area contributed by atoms with Crippen molar-refractivity contribution in [2.45, 2.75) is 25.3 Å². The molecule has 1 saturated carbocycles. The maximum absolute atomic E-state index is 12.3. The van der Waals surface area contributed by atoms with Crippen molar-refractivity contribution < 1.29 is 10.0 Å². The first-order valence-electron chi connectivity index (χ1n) is 6.26. The number of carbonyl (C=O) groups excluding carboxylic acids is 1. The van der Waals surface area contributed by atoms with Crippen molar-refractivity contribution in [2.75, 3.05) is 0 Å². The van der Waals surface area contributed by atoms with Crippen molar-refractivity contribution in [1.29, 1.82) is 0 Å². The van der Waals surface area contributed by atoms with Gasteiger partial charge in [0.05, 0.1) is 5.56 Å². The fourth-order valence-electron chi connectivity index (χ4n) is 2.48. The third-order valence-corrected chi connectivity index (χ3v) is 4.43. The molecule has 1 aliphatic rings. The lowest BCUT2D eigenvalue weighted by molar-refractivity contribution is 0.0932. The summed E-state index contributed by atoms with van der Waals surface area (Å²) < 4.78 is 0.678. The fraction of sp³-hybridized carbons (Fsp3) is 0.385. The molecule has 0 spiro atoms. The molecule has 1 aliphatic carbocycles. The van der Waals surface area contributed by atoms with Gasteiger partial charge < -0.3 is 16.3 Å². The van der Waals surface area contributed by atoms with Crippen LogP contribution in [0.2, 0.25) is 5.02 Å². The molecule has 5 nitrogen and oxygen atoms in total. The van der Waals surface area contributed by atoms with Gasteiger partial charge in [-0.3, -0.25) is 4.79 Å². The summed E-state index contributed by atoms with van der Waals surface area (Å²) in [6.07, 6.45) is 2.55. The van der Waals surface area contributed by atoms with E-state index in [1.54, 1.807) is 18.2 Å². The molecule has 108 valence electrons. The van der Waals surface area contributed by atoms with Gasteiger partial charge in [0, 0.05) is 21.5 Å². The van der Waals surface area contributed by atoms with Gasteiger partial charge in [0.25, 0.3) is 5.91 Å². The Morgan fingerprint density at radius 2 is 2.25 bits per heavy atom. The summed E-state index contributed by atoms with van der Waals surface area (Å²) >= 11 is 9.24. The predicted molar refractivity (Wildman–Crippen MR) is 81.2 cm³/mol. The van der Waals surface area contributed by atoms with Crippen LogP contribution in [-0.2, 0) is 0 Å². The van der Waals surface area contributed by atoms with E-state index in [4.69, 9.17) is 22.5 Å². The number of hydrogen-bond donors (Lipinski definition) is 3. The number of rotatable bonds is 3. The van der Waals surface area contributed by atoms with Gasteiger partial charge in [0.1, 0.15) is 5.84 Å². The van der Waals surface area contributed by atoms with Crippen molar-refractivity contribution in [3.8, 4) is 0 Å². The topological polar surface area (TPSA) is 87.7 Å². The standard InChI is InChI=1S/C13H15BrClN3O2/c14-10-5-4-7(15)6-9(10)13(19)17-11-3-1-2-8(11)12(16)18-20/h4-6,8,11,20H,1-3H2,(H2,16,18)(H,17,19). The number of oxime groups is 1. The highest BCUT2D eigenvalue weighted by atomic mass is 79.9. The second-order valence-corrected chi connectivity index (χ2v) is 6.06. The number of nitrogens with two attached hydrogens (primary N) is 1. The van der Waals surface area contributed by atoms with E-state index in [0.29, 0.717) is 15.1 Å². The van der Waals surface area contributed by atoms with Gasteiger partial charge in [-0.2, -0.15) is 0 Å². The molecule has 1 aromatic rings. The molecule has 2 unspecified atom stereocenters. The minimum Gasteiger partial charge on any atom is -0.409 e. The molecule has 1 amide bonds. The van der Waals surface area contributed by atoms with E-state index in [-0.39, 0.29) is 23.7 Å². The Hall–Kier alpha value is -1.27. The maximum Gasteiger partial charge on any atom is 0.252 e. The van der Waals surface area contributed by atoms with E-state index in [9.17, 15) is 4.79 Å². The molecule has 2 atom stereocenters. The lowest BCUT2D eigenvalue weighted by Crippen LogP contribution is -2.42. The van der Waals surface area contributed by atoms with Gasteiger partial charge in [-0.25, -0.2) is 0 Å². The highest BCUT2D eigenvalue weighted by Crippen LogP contribution is 2.27. The Bertz CT molecular complexity index is 550. The molecule has 7 heteroatoms. The number of amidine groups is 1. The van der Waals surface area contributed by atoms with E-state index in [2.05, 4.69) is 26.4 Å². The van der Waals surface area contributed by atoms with Crippen molar-refractivity contribution in [3.05, 3.63) is 33.3 Å². The maximum atomic E-state index is 12.3. The number of amides is 1. The molecule has 0 aliphatic heterocycles. The SMILES string of the molecule is N/C(=N/O)C1CCCC1NC(=O)c1cc(Cl)ccc1Br. The molecule has 0 aromatic heterocycles. The van der Waals surface area contributed by atoms with Crippen LogP contribution in [-0.4, -0.2) is 23.0 Å². The molecule has 0 saturated heterocycles. The molecule has 0 radical (unpaired) electrons. The summed E-state index contributed by atoms with van der Waals surface area (Å²) in [4.78, 5) is 12.3. The van der Waals surface area contributed by atoms with Crippen LogP contribution < -0.4 is 11.1 Å². The molecule has 4 N–H and O–H groups in total. The Morgan fingerprint density at radius 3 is 2.95 bits per heavy atom. The molecular weight excluding hydrogens is 346 g/mol. The van der Waals surface area contributed by atoms with Crippen LogP contribution in [0.15, 0.2) is 27.8 Å². The first kappa shape index (κ1) is 15.1. The Balaban J connectivity index is 2.13. The Morgan fingerprint density at radius 1 is 1.50 bits per heavy atom. The first-order valence-corrected chi connectivity index (χ1v) is 7.43. The van der Waals surface area contributed by atoms with Crippen molar-refractivity contribution >= 4 is 39.3 Å². The van der Waals surface area contributed by atoms with Gasteiger partial charge in [0.15, 0.2) is 0 Å². The van der Waals surface area contributed by atoms with Gasteiger partial charge in [-0.15, -0.1) is 0 Å². The number of hydrogen-bond acceptors (Lipinski definition) is 3. The first-order chi connectivity index (χ1) is 9.52. The lowest BCUT2D eigenvalue weighted by Gasteiger charge is -2.20. The van der Waals surface area contributed by atoms with Crippen LogP contribution in [0.1, 0.15) is 29.6 Å².